The van der Waals surface area contributed by atoms with Crippen LogP contribution in [0.2, 0.25) is 0 Å². The Hall–Kier alpha value is -0.590. The summed E-state index contributed by atoms with van der Waals surface area (Å²) >= 11 is 0. The first-order valence-electron chi connectivity index (χ1n) is 7.12. The van der Waals surface area contributed by atoms with Crippen molar-refractivity contribution in [3.8, 4) is 6.07 Å². The number of likely N-dealkylation sites (tertiary alicyclic amines) is 1. The van der Waals surface area contributed by atoms with Crippen LogP contribution in [0.1, 0.15) is 51.4 Å². The van der Waals surface area contributed by atoms with E-state index in [1.165, 1.54) is 38.6 Å². The van der Waals surface area contributed by atoms with Crippen molar-refractivity contribution in [1.29, 1.82) is 5.26 Å². The molecule has 17 heavy (non-hydrogen) atoms. The Morgan fingerprint density at radius 2 is 2.06 bits per heavy atom. The summed E-state index contributed by atoms with van der Waals surface area (Å²) in [6, 6.07) is 2.81. The van der Waals surface area contributed by atoms with Crippen molar-refractivity contribution in [3.63, 3.8) is 0 Å². The fraction of sp³-hybridized carbons (Fsp3) is 0.929. The molecule has 1 saturated heterocycles. The van der Waals surface area contributed by atoms with Gasteiger partial charge in [-0.15, -0.1) is 0 Å². The van der Waals surface area contributed by atoms with Crippen LogP contribution in [0.15, 0.2) is 0 Å². The van der Waals surface area contributed by atoms with Crippen molar-refractivity contribution in [1.82, 2.24) is 4.90 Å². The summed E-state index contributed by atoms with van der Waals surface area (Å²) in [6.45, 7) is 2.21. The Morgan fingerprint density at radius 1 is 1.18 bits per heavy atom. The minimum atomic E-state index is -0.0726. The lowest BCUT2D eigenvalue weighted by atomic mass is 9.87. The van der Waals surface area contributed by atoms with Gasteiger partial charge in [0.25, 0.3) is 0 Å². The van der Waals surface area contributed by atoms with E-state index in [4.69, 9.17) is 5.26 Å². The highest BCUT2D eigenvalue weighted by Gasteiger charge is 2.36. The van der Waals surface area contributed by atoms with Crippen LogP contribution in [-0.4, -0.2) is 35.2 Å². The van der Waals surface area contributed by atoms with Gasteiger partial charge >= 0.3 is 0 Å². The van der Waals surface area contributed by atoms with Crippen molar-refractivity contribution >= 4 is 0 Å². The van der Waals surface area contributed by atoms with Crippen LogP contribution in [0, 0.1) is 17.2 Å². The topological polar surface area (TPSA) is 47.3 Å². The van der Waals surface area contributed by atoms with Crippen molar-refractivity contribution < 1.29 is 5.11 Å². The molecular weight excluding hydrogens is 212 g/mol. The maximum atomic E-state index is 10.1. The molecule has 3 unspecified atom stereocenters. The molecule has 1 N–H and O–H groups in total. The molecule has 1 aliphatic heterocycles. The molecule has 1 heterocycles. The fourth-order valence-corrected chi connectivity index (χ4v) is 3.56. The Morgan fingerprint density at radius 3 is 2.76 bits per heavy atom. The molecule has 0 aromatic heterocycles. The number of nitriles is 1. The van der Waals surface area contributed by atoms with E-state index in [1.54, 1.807) is 0 Å². The van der Waals surface area contributed by atoms with Gasteiger partial charge in [0.15, 0.2) is 0 Å². The van der Waals surface area contributed by atoms with Crippen molar-refractivity contribution in [2.24, 2.45) is 5.92 Å². The lowest BCUT2D eigenvalue weighted by Gasteiger charge is -2.40. The predicted molar refractivity (Wildman–Crippen MR) is 67.4 cm³/mol. The number of hydrogen-bond acceptors (Lipinski definition) is 3. The summed E-state index contributed by atoms with van der Waals surface area (Å²) in [5.74, 6) is 0.498. The Labute approximate surface area is 104 Å². The molecule has 2 fully saturated rings. The summed E-state index contributed by atoms with van der Waals surface area (Å²) in [5.41, 5.74) is 0. The maximum Gasteiger partial charge on any atom is 0.0622 e. The lowest BCUT2D eigenvalue weighted by Crippen LogP contribution is -2.46. The van der Waals surface area contributed by atoms with Gasteiger partial charge in [-0.05, 0) is 45.2 Å². The molecular formula is C14H24N2O. The third-order valence-corrected chi connectivity index (χ3v) is 4.42. The number of unbranched alkanes of at least 4 members (excludes halogenated alkanes) is 1. The van der Waals surface area contributed by atoms with E-state index in [2.05, 4.69) is 11.0 Å². The SMILES string of the molecule is N#CCCCN1CCCCC1C1CCCC1O. The first-order chi connectivity index (χ1) is 8.33. The van der Waals surface area contributed by atoms with Gasteiger partial charge in [-0.1, -0.05) is 12.8 Å². The van der Waals surface area contributed by atoms with Crippen LogP contribution >= 0.6 is 0 Å². The van der Waals surface area contributed by atoms with Gasteiger partial charge in [0.1, 0.15) is 0 Å². The van der Waals surface area contributed by atoms with Crippen LogP contribution in [-0.2, 0) is 0 Å². The number of nitrogens with zero attached hydrogens (tertiary/aromatic N) is 2. The van der Waals surface area contributed by atoms with E-state index in [9.17, 15) is 5.11 Å². The average Bonchev–Trinajstić information content (AvgIpc) is 2.76. The second kappa shape index (κ2) is 6.37. The molecule has 3 nitrogen and oxygen atoms in total. The molecule has 0 bridgehead atoms. The van der Waals surface area contributed by atoms with Gasteiger partial charge in [-0.2, -0.15) is 5.26 Å². The van der Waals surface area contributed by atoms with E-state index in [-0.39, 0.29) is 6.10 Å². The highest BCUT2D eigenvalue weighted by molar-refractivity contribution is 4.90. The zero-order chi connectivity index (χ0) is 12.1. The maximum absolute atomic E-state index is 10.1. The minimum absolute atomic E-state index is 0.0726. The van der Waals surface area contributed by atoms with Gasteiger partial charge < -0.3 is 5.11 Å². The number of aliphatic hydroxyl groups is 1. The van der Waals surface area contributed by atoms with Crippen LogP contribution < -0.4 is 0 Å². The Bertz CT molecular complexity index is 274. The molecule has 3 atom stereocenters. The molecule has 96 valence electrons. The first-order valence-corrected chi connectivity index (χ1v) is 7.12. The fourth-order valence-electron chi connectivity index (χ4n) is 3.56. The van der Waals surface area contributed by atoms with E-state index in [0.717, 1.165) is 19.4 Å². The number of piperidine rings is 1. The molecule has 0 amide bonds. The van der Waals surface area contributed by atoms with Crippen LogP contribution in [0.25, 0.3) is 0 Å². The molecule has 2 rings (SSSR count). The van der Waals surface area contributed by atoms with E-state index in [1.807, 2.05) is 0 Å². The van der Waals surface area contributed by atoms with E-state index in [0.29, 0.717) is 18.4 Å². The summed E-state index contributed by atoms with van der Waals surface area (Å²) in [5, 5.41) is 18.7. The lowest BCUT2D eigenvalue weighted by molar-refractivity contribution is 0.0352. The summed E-state index contributed by atoms with van der Waals surface area (Å²) in [6.07, 6.45) is 8.79. The molecule has 0 radical (unpaired) electrons. The molecule has 1 aliphatic carbocycles. The molecule has 1 saturated carbocycles. The van der Waals surface area contributed by atoms with Crippen LogP contribution in [0.4, 0.5) is 0 Å². The monoisotopic (exact) mass is 236 g/mol. The second-order valence-electron chi connectivity index (χ2n) is 5.52. The highest BCUT2D eigenvalue weighted by Crippen LogP contribution is 2.35. The Balaban J connectivity index is 1.89. The van der Waals surface area contributed by atoms with Gasteiger partial charge in [-0.3, -0.25) is 4.90 Å². The summed E-state index contributed by atoms with van der Waals surface area (Å²) in [7, 11) is 0. The zero-order valence-corrected chi connectivity index (χ0v) is 10.6. The zero-order valence-electron chi connectivity index (χ0n) is 10.6. The van der Waals surface area contributed by atoms with Gasteiger partial charge in [-0.25, -0.2) is 0 Å². The van der Waals surface area contributed by atoms with Crippen molar-refractivity contribution in [2.45, 2.75) is 63.5 Å². The molecule has 2 aliphatic rings. The summed E-state index contributed by atoms with van der Waals surface area (Å²) in [4.78, 5) is 2.54. The van der Waals surface area contributed by atoms with Crippen molar-refractivity contribution in [3.05, 3.63) is 0 Å². The minimum Gasteiger partial charge on any atom is -0.393 e. The molecule has 0 spiro atoms. The van der Waals surface area contributed by atoms with Gasteiger partial charge in [0.2, 0.25) is 0 Å². The summed E-state index contributed by atoms with van der Waals surface area (Å²) < 4.78 is 0. The second-order valence-corrected chi connectivity index (χ2v) is 5.52. The van der Waals surface area contributed by atoms with Crippen molar-refractivity contribution in [2.75, 3.05) is 13.1 Å². The number of rotatable bonds is 4. The standard InChI is InChI=1S/C14H24N2O/c15-9-2-4-11-16-10-3-1-7-13(16)12-6-5-8-14(12)17/h12-14,17H,1-8,10-11H2. The van der Waals surface area contributed by atoms with Gasteiger partial charge in [0, 0.05) is 18.4 Å². The quantitative estimate of drug-likeness (QED) is 0.762. The number of hydrogen-bond donors (Lipinski definition) is 1. The third kappa shape index (κ3) is 3.20. The molecule has 0 aromatic carbocycles. The highest BCUT2D eigenvalue weighted by atomic mass is 16.3. The Kier molecular flexibility index (Phi) is 4.82. The predicted octanol–water partition coefficient (Wildman–Crippen LogP) is 2.31. The van der Waals surface area contributed by atoms with Crippen LogP contribution in [0.3, 0.4) is 0 Å². The van der Waals surface area contributed by atoms with E-state index < -0.39 is 0 Å². The molecule has 3 heteroatoms. The van der Waals surface area contributed by atoms with Crippen LogP contribution in [0.5, 0.6) is 0 Å². The third-order valence-electron chi connectivity index (χ3n) is 4.42. The van der Waals surface area contributed by atoms with Gasteiger partial charge in [0.05, 0.1) is 12.2 Å². The average molecular weight is 236 g/mol. The first kappa shape index (κ1) is 12.9. The van der Waals surface area contributed by atoms with E-state index >= 15 is 0 Å². The normalized spacial score (nSPS) is 34.7. The largest absolute Gasteiger partial charge is 0.393 e. The smallest absolute Gasteiger partial charge is 0.0622 e. The number of aliphatic hydroxyl groups excluding tert-OH is 1. The molecule has 0 aromatic rings.